The molecule has 48 heavy (non-hydrogen) atoms. The Morgan fingerprint density at radius 1 is 0.292 bits per heavy atom. The number of aromatic nitrogens is 5. The predicted octanol–water partition coefficient (Wildman–Crippen LogP) is 10.5. The van der Waals surface area contributed by atoms with Crippen molar-refractivity contribution in [3.05, 3.63) is 164 Å². The molecule has 5 heteroatoms. The van der Waals surface area contributed by atoms with Gasteiger partial charge in [0.15, 0.2) is 0 Å². The second-order valence-electron chi connectivity index (χ2n) is 11.8. The van der Waals surface area contributed by atoms with Gasteiger partial charge in [-0.05, 0) is 82.6 Å². The third-order valence-electron chi connectivity index (χ3n) is 8.74. The smallest absolute Gasteiger partial charge is 0.0972 e. The molecule has 4 aromatic carbocycles. The van der Waals surface area contributed by atoms with Crippen LogP contribution in [0.2, 0.25) is 0 Å². The van der Waals surface area contributed by atoms with Gasteiger partial charge in [-0.15, -0.1) is 0 Å². The van der Waals surface area contributed by atoms with E-state index in [9.17, 15) is 0 Å². The van der Waals surface area contributed by atoms with Gasteiger partial charge < -0.3 is 0 Å². The minimum atomic E-state index is 0.781. The van der Waals surface area contributed by atoms with Crippen molar-refractivity contribution >= 4 is 32.6 Å². The third kappa shape index (κ3) is 5.04. The lowest BCUT2D eigenvalue weighted by Gasteiger charge is -2.15. The molecule has 0 amide bonds. The number of pyridine rings is 5. The Morgan fingerprint density at radius 3 is 1.42 bits per heavy atom. The van der Waals surface area contributed by atoms with E-state index in [1.807, 2.05) is 54.6 Å². The molecule has 0 bridgehead atoms. The first-order chi connectivity index (χ1) is 23.8. The van der Waals surface area contributed by atoms with Crippen molar-refractivity contribution in [2.45, 2.75) is 0 Å². The summed E-state index contributed by atoms with van der Waals surface area (Å²) in [5.41, 5.74) is 10.9. The molecule has 0 aliphatic carbocycles. The molecule has 0 atom stereocenters. The molecule has 0 aliphatic rings. The normalized spacial score (nSPS) is 11.3. The number of hydrogen-bond acceptors (Lipinski definition) is 5. The average molecular weight is 614 g/mol. The summed E-state index contributed by atoms with van der Waals surface area (Å²) >= 11 is 0. The third-order valence-corrected chi connectivity index (χ3v) is 8.74. The van der Waals surface area contributed by atoms with Crippen LogP contribution in [0.5, 0.6) is 0 Å². The van der Waals surface area contributed by atoms with E-state index in [1.165, 1.54) is 0 Å². The molecule has 0 unspecified atom stereocenters. The van der Waals surface area contributed by atoms with Crippen molar-refractivity contribution in [1.29, 1.82) is 0 Å². The summed E-state index contributed by atoms with van der Waals surface area (Å²) in [5.74, 6) is 0. The Kier molecular flexibility index (Phi) is 6.72. The summed E-state index contributed by atoms with van der Waals surface area (Å²) in [7, 11) is 0. The van der Waals surface area contributed by atoms with Crippen LogP contribution in [-0.4, -0.2) is 24.9 Å². The molecule has 0 N–H and O–H groups in total. The van der Waals surface area contributed by atoms with Gasteiger partial charge in [-0.3, -0.25) is 9.97 Å². The van der Waals surface area contributed by atoms with E-state index >= 15 is 0 Å². The first kappa shape index (κ1) is 27.7. The lowest BCUT2D eigenvalue weighted by atomic mass is 9.92. The van der Waals surface area contributed by atoms with Crippen LogP contribution in [0, 0.1) is 0 Å². The van der Waals surface area contributed by atoms with Gasteiger partial charge in [-0.1, -0.05) is 91.0 Å². The van der Waals surface area contributed by atoms with E-state index in [4.69, 9.17) is 15.0 Å². The second kappa shape index (κ2) is 11.6. The van der Waals surface area contributed by atoms with Crippen LogP contribution in [0.15, 0.2) is 164 Å². The molecular formula is C43H27N5. The Labute approximate surface area is 277 Å². The summed E-state index contributed by atoms with van der Waals surface area (Å²) in [6.45, 7) is 0. The lowest BCUT2D eigenvalue weighted by molar-refractivity contribution is 1.22. The van der Waals surface area contributed by atoms with Crippen molar-refractivity contribution in [2.24, 2.45) is 0 Å². The molecule has 5 heterocycles. The van der Waals surface area contributed by atoms with Crippen LogP contribution in [0.4, 0.5) is 0 Å². The molecule has 0 saturated heterocycles. The molecule has 5 aromatic heterocycles. The fourth-order valence-electron chi connectivity index (χ4n) is 6.36. The Hall–Kier alpha value is -6.59. The fourth-order valence-corrected chi connectivity index (χ4v) is 6.36. The van der Waals surface area contributed by atoms with E-state index in [-0.39, 0.29) is 0 Å². The van der Waals surface area contributed by atoms with E-state index in [0.29, 0.717) is 0 Å². The Balaban J connectivity index is 1.29. The standard InChI is InChI=1S/C43H27N5/c1-2-10-28(11-3-1)36-20-18-29-16-17-30-19-21-37(48-43(30)42(29)47-36)35-25-32-13-5-4-12-31(32)24-34(35)33-26-40(38-14-6-8-22-44-38)46-41(27-33)39-15-7-9-23-45-39/h1-27H. The van der Waals surface area contributed by atoms with Gasteiger partial charge in [0.2, 0.25) is 0 Å². The highest BCUT2D eigenvalue weighted by molar-refractivity contribution is 6.05. The van der Waals surface area contributed by atoms with Crippen molar-refractivity contribution in [3.8, 4) is 56.4 Å². The average Bonchev–Trinajstić information content (AvgIpc) is 3.17. The molecule has 0 radical (unpaired) electrons. The van der Waals surface area contributed by atoms with Gasteiger partial charge in [0.05, 0.1) is 45.2 Å². The highest BCUT2D eigenvalue weighted by Gasteiger charge is 2.17. The topological polar surface area (TPSA) is 64.5 Å². The van der Waals surface area contributed by atoms with Crippen molar-refractivity contribution < 1.29 is 0 Å². The van der Waals surface area contributed by atoms with Crippen LogP contribution in [0.3, 0.4) is 0 Å². The number of rotatable bonds is 5. The van der Waals surface area contributed by atoms with Gasteiger partial charge in [0.1, 0.15) is 0 Å². The largest absolute Gasteiger partial charge is 0.255 e. The molecule has 0 saturated carbocycles. The van der Waals surface area contributed by atoms with Gasteiger partial charge in [0.25, 0.3) is 0 Å². The number of nitrogens with zero attached hydrogens (tertiary/aromatic N) is 5. The van der Waals surface area contributed by atoms with Crippen LogP contribution in [-0.2, 0) is 0 Å². The quantitative estimate of drug-likeness (QED) is 0.181. The summed E-state index contributed by atoms with van der Waals surface area (Å²) in [6.07, 6.45) is 3.60. The number of hydrogen-bond donors (Lipinski definition) is 0. The summed E-state index contributed by atoms with van der Waals surface area (Å²) < 4.78 is 0. The van der Waals surface area contributed by atoms with Crippen LogP contribution in [0.1, 0.15) is 0 Å². The molecule has 5 nitrogen and oxygen atoms in total. The van der Waals surface area contributed by atoms with Crippen LogP contribution >= 0.6 is 0 Å². The van der Waals surface area contributed by atoms with Crippen molar-refractivity contribution in [3.63, 3.8) is 0 Å². The zero-order valence-electron chi connectivity index (χ0n) is 25.8. The monoisotopic (exact) mass is 613 g/mol. The van der Waals surface area contributed by atoms with E-state index in [1.54, 1.807) is 12.4 Å². The molecular weight excluding hydrogens is 587 g/mol. The highest BCUT2D eigenvalue weighted by Crippen LogP contribution is 2.39. The maximum atomic E-state index is 5.36. The maximum absolute atomic E-state index is 5.36. The molecule has 0 fully saturated rings. The van der Waals surface area contributed by atoms with Gasteiger partial charge in [0, 0.05) is 34.3 Å². The summed E-state index contributed by atoms with van der Waals surface area (Å²) in [5, 5.41) is 4.39. The first-order valence-corrected chi connectivity index (χ1v) is 15.9. The van der Waals surface area contributed by atoms with E-state index in [0.717, 1.165) is 89.0 Å². The molecule has 224 valence electrons. The van der Waals surface area contributed by atoms with Gasteiger partial charge in [-0.25, -0.2) is 15.0 Å². The van der Waals surface area contributed by atoms with Crippen molar-refractivity contribution in [2.75, 3.05) is 0 Å². The predicted molar refractivity (Wildman–Crippen MR) is 195 cm³/mol. The van der Waals surface area contributed by atoms with E-state index < -0.39 is 0 Å². The summed E-state index contributed by atoms with van der Waals surface area (Å²) in [4.78, 5) is 24.8. The second-order valence-corrected chi connectivity index (χ2v) is 11.8. The SMILES string of the molecule is c1ccc(-c2ccc3ccc4ccc(-c5cc6ccccc6cc5-c5cc(-c6ccccn6)nc(-c6ccccn6)c5)nc4c3n2)cc1. The minimum Gasteiger partial charge on any atom is -0.255 e. The molecule has 0 spiro atoms. The molecule has 9 aromatic rings. The van der Waals surface area contributed by atoms with Crippen LogP contribution in [0.25, 0.3) is 89.0 Å². The zero-order valence-corrected chi connectivity index (χ0v) is 25.8. The van der Waals surface area contributed by atoms with Crippen molar-refractivity contribution in [1.82, 2.24) is 24.9 Å². The molecule has 0 aliphatic heterocycles. The summed E-state index contributed by atoms with van der Waals surface area (Å²) in [6, 6.07) is 52.0. The van der Waals surface area contributed by atoms with Gasteiger partial charge >= 0.3 is 0 Å². The maximum Gasteiger partial charge on any atom is 0.0972 e. The highest BCUT2D eigenvalue weighted by atomic mass is 14.8. The van der Waals surface area contributed by atoms with Crippen LogP contribution < -0.4 is 0 Å². The fraction of sp³-hybridized carbons (Fsp3) is 0. The Bertz CT molecular complexity index is 2550. The Morgan fingerprint density at radius 2 is 0.812 bits per heavy atom. The lowest BCUT2D eigenvalue weighted by Crippen LogP contribution is -1.96. The number of benzene rings is 4. The number of fused-ring (bicyclic) bond motifs is 4. The zero-order chi connectivity index (χ0) is 31.9. The van der Waals surface area contributed by atoms with E-state index in [2.05, 4.69) is 107 Å². The van der Waals surface area contributed by atoms with Gasteiger partial charge in [-0.2, -0.15) is 0 Å². The molecule has 9 rings (SSSR count). The minimum absolute atomic E-state index is 0.781. The first-order valence-electron chi connectivity index (χ1n) is 15.9.